The third-order valence-corrected chi connectivity index (χ3v) is 5.14. The maximum atomic E-state index is 10.0. The standard InChI is InChI=1S/C15H21BrN2O/c1-9(17)12-4-3-11(16)6-14(12)18-7-10-2-5-15(19)13(10)8-18/h3-4,6,9-10,13,15,19H,2,5,7-8,17H2,1H3. The molecule has 1 aromatic carbocycles. The van der Waals surface area contributed by atoms with Crippen molar-refractivity contribution in [1.82, 2.24) is 0 Å². The van der Waals surface area contributed by atoms with Crippen LogP contribution >= 0.6 is 15.9 Å². The van der Waals surface area contributed by atoms with Gasteiger partial charge in [0.15, 0.2) is 0 Å². The van der Waals surface area contributed by atoms with Gasteiger partial charge in [0, 0.05) is 35.2 Å². The average Bonchev–Trinajstić information content (AvgIpc) is 2.91. The molecule has 2 fully saturated rings. The number of benzene rings is 1. The van der Waals surface area contributed by atoms with Crippen molar-refractivity contribution < 1.29 is 5.11 Å². The minimum Gasteiger partial charge on any atom is -0.393 e. The summed E-state index contributed by atoms with van der Waals surface area (Å²) in [5.74, 6) is 1.09. The van der Waals surface area contributed by atoms with Gasteiger partial charge in [-0.05, 0) is 43.4 Å². The number of aliphatic hydroxyl groups excluding tert-OH is 1. The van der Waals surface area contributed by atoms with Crippen LogP contribution in [0.1, 0.15) is 31.4 Å². The van der Waals surface area contributed by atoms with E-state index in [0.29, 0.717) is 11.8 Å². The van der Waals surface area contributed by atoms with Gasteiger partial charge in [-0.2, -0.15) is 0 Å². The molecule has 0 radical (unpaired) electrons. The Bertz CT molecular complexity index is 477. The number of fused-ring (bicyclic) bond motifs is 1. The van der Waals surface area contributed by atoms with Crippen molar-refractivity contribution in [1.29, 1.82) is 0 Å². The molecule has 0 aromatic heterocycles. The minimum atomic E-state index is -0.110. The molecule has 19 heavy (non-hydrogen) atoms. The molecule has 104 valence electrons. The summed E-state index contributed by atoms with van der Waals surface area (Å²) in [6.45, 7) is 4.04. The van der Waals surface area contributed by atoms with Crippen LogP contribution in [0.5, 0.6) is 0 Å². The number of anilines is 1. The molecule has 1 aromatic rings. The fraction of sp³-hybridized carbons (Fsp3) is 0.600. The van der Waals surface area contributed by atoms with E-state index in [0.717, 1.165) is 30.4 Å². The summed E-state index contributed by atoms with van der Waals surface area (Å²) in [6, 6.07) is 6.35. The lowest BCUT2D eigenvalue weighted by Crippen LogP contribution is -2.26. The number of hydrogen-bond acceptors (Lipinski definition) is 3. The molecule has 1 aliphatic heterocycles. The first-order valence-electron chi connectivity index (χ1n) is 7.04. The van der Waals surface area contributed by atoms with E-state index >= 15 is 0 Å². The van der Waals surface area contributed by atoms with Gasteiger partial charge in [0.25, 0.3) is 0 Å². The van der Waals surface area contributed by atoms with E-state index in [-0.39, 0.29) is 12.1 Å². The van der Waals surface area contributed by atoms with Crippen molar-refractivity contribution in [2.45, 2.75) is 31.9 Å². The second kappa shape index (κ2) is 5.08. The molecular weight excluding hydrogens is 304 g/mol. The number of nitrogens with zero attached hydrogens (tertiary/aromatic N) is 1. The largest absolute Gasteiger partial charge is 0.393 e. The first-order chi connectivity index (χ1) is 9.06. The maximum absolute atomic E-state index is 10.0. The summed E-state index contributed by atoms with van der Waals surface area (Å²) in [7, 11) is 0. The summed E-state index contributed by atoms with van der Waals surface area (Å²) in [5, 5.41) is 10.0. The average molecular weight is 325 g/mol. The van der Waals surface area contributed by atoms with Crippen molar-refractivity contribution >= 4 is 21.6 Å². The SMILES string of the molecule is CC(N)c1ccc(Br)cc1N1CC2CCC(O)C2C1. The van der Waals surface area contributed by atoms with Crippen LogP contribution in [0.2, 0.25) is 0 Å². The van der Waals surface area contributed by atoms with Gasteiger partial charge in [0.05, 0.1) is 6.10 Å². The third kappa shape index (κ3) is 2.41. The van der Waals surface area contributed by atoms with Gasteiger partial charge in [-0.15, -0.1) is 0 Å². The number of hydrogen-bond donors (Lipinski definition) is 2. The fourth-order valence-corrected chi connectivity index (χ4v) is 3.96. The first-order valence-corrected chi connectivity index (χ1v) is 7.83. The molecule has 3 rings (SSSR count). The zero-order valence-electron chi connectivity index (χ0n) is 11.2. The zero-order valence-corrected chi connectivity index (χ0v) is 12.8. The third-order valence-electron chi connectivity index (χ3n) is 4.64. The number of nitrogens with two attached hydrogens (primary N) is 1. The lowest BCUT2D eigenvalue weighted by Gasteiger charge is -2.25. The molecule has 4 heteroatoms. The van der Waals surface area contributed by atoms with Gasteiger partial charge >= 0.3 is 0 Å². The fourth-order valence-electron chi connectivity index (χ4n) is 3.61. The van der Waals surface area contributed by atoms with Crippen LogP contribution in [0.4, 0.5) is 5.69 Å². The van der Waals surface area contributed by atoms with Crippen LogP contribution < -0.4 is 10.6 Å². The van der Waals surface area contributed by atoms with E-state index in [9.17, 15) is 5.11 Å². The molecule has 1 aliphatic carbocycles. The Labute approximate surface area is 122 Å². The van der Waals surface area contributed by atoms with Crippen molar-refractivity contribution in [3.63, 3.8) is 0 Å². The van der Waals surface area contributed by atoms with E-state index in [2.05, 4.69) is 33.0 Å². The Morgan fingerprint density at radius 3 is 2.84 bits per heavy atom. The summed E-state index contributed by atoms with van der Waals surface area (Å²) in [5.41, 5.74) is 8.50. The maximum Gasteiger partial charge on any atom is 0.0588 e. The Hall–Kier alpha value is -0.580. The van der Waals surface area contributed by atoms with Gasteiger partial charge < -0.3 is 15.7 Å². The normalized spacial score (nSPS) is 31.6. The van der Waals surface area contributed by atoms with E-state index in [1.807, 2.05) is 13.0 Å². The van der Waals surface area contributed by atoms with Gasteiger partial charge in [-0.1, -0.05) is 22.0 Å². The van der Waals surface area contributed by atoms with E-state index in [1.54, 1.807) is 0 Å². The smallest absolute Gasteiger partial charge is 0.0588 e. The minimum absolute atomic E-state index is 0.0356. The molecule has 0 amide bonds. The summed E-state index contributed by atoms with van der Waals surface area (Å²) < 4.78 is 1.09. The number of aliphatic hydroxyl groups is 1. The van der Waals surface area contributed by atoms with E-state index in [1.165, 1.54) is 11.3 Å². The number of halogens is 1. The number of rotatable bonds is 2. The van der Waals surface area contributed by atoms with Crippen molar-refractivity contribution in [2.24, 2.45) is 17.6 Å². The molecule has 4 unspecified atom stereocenters. The van der Waals surface area contributed by atoms with Crippen LogP contribution in [0, 0.1) is 11.8 Å². The highest BCUT2D eigenvalue weighted by Crippen LogP contribution is 2.41. The monoisotopic (exact) mass is 324 g/mol. The topological polar surface area (TPSA) is 49.5 Å². The molecule has 1 saturated carbocycles. The summed E-state index contributed by atoms with van der Waals surface area (Å²) in [6.07, 6.45) is 2.02. The van der Waals surface area contributed by atoms with Crippen LogP contribution in [-0.2, 0) is 0 Å². The van der Waals surface area contributed by atoms with Gasteiger partial charge in [0.2, 0.25) is 0 Å². The second-order valence-electron chi connectivity index (χ2n) is 5.97. The first kappa shape index (κ1) is 13.4. The lowest BCUT2D eigenvalue weighted by atomic mass is 10.00. The predicted octanol–water partition coefficient (Wildman–Crippen LogP) is 2.68. The molecule has 4 atom stereocenters. The molecule has 0 bridgehead atoms. The summed E-state index contributed by atoms with van der Waals surface area (Å²) >= 11 is 3.55. The molecule has 3 N–H and O–H groups in total. The van der Waals surface area contributed by atoms with Crippen molar-refractivity contribution in [2.75, 3.05) is 18.0 Å². The zero-order chi connectivity index (χ0) is 13.6. The van der Waals surface area contributed by atoms with Crippen molar-refractivity contribution in [3.05, 3.63) is 28.2 Å². The molecule has 3 nitrogen and oxygen atoms in total. The molecule has 0 spiro atoms. The molecule has 1 heterocycles. The van der Waals surface area contributed by atoms with Crippen molar-refractivity contribution in [3.8, 4) is 0 Å². The Morgan fingerprint density at radius 2 is 2.16 bits per heavy atom. The van der Waals surface area contributed by atoms with Crippen LogP contribution in [0.25, 0.3) is 0 Å². The highest BCUT2D eigenvalue weighted by molar-refractivity contribution is 9.10. The van der Waals surface area contributed by atoms with Crippen LogP contribution in [-0.4, -0.2) is 24.3 Å². The van der Waals surface area contributed by atoms with Gasteiger partial charge in [0.1, 0.15) is 0 Å². The van der Waals surface area contributed by atoms with Gasteiger partial charge in [-0.25, -0.2) is 0 Å². The lowest BCUT2D eigenvalue weighted by molar-refractivity contribution is 0.133. The second-order valence-corrected chi connectivity index (χ2v) is 6.88. The van der Waals surface area contributed by atoms with E-state index < -0.39 is 0 Å². The van der Waals surface area contributed by atoms with E-state index in [4.69, 9.17) is 5.73 Å². The molecule has 1 saturated heterocycles. The Balaban J connectivity index is 1.89. The highest BCUT2D eigenvalue weighted by Gasteiger charge is 2.42. The van der Waals surface area contributed by atoms with Gasteiger partial charge in [-0.3, -0.25) is 0 Å². The molecular formula is C15H21BrN2O. The quantitative estimate of drug-likeness (QED) is 0.879. The van der Waals surface area contributed by atoms with Crippen LogP contribution in [0.3, 0.4) is 0 Å². The Kier molecular flexibility index (Phi) is 3.58. The Morgan fingerprint density at radius 1 is 1.37 bits per heavy atom. The highest BCUT2D eigenvalue weighted by atomic mass is 79.9. The molecule has 2 aliphatic rings. The summed E-state index contributed by atoms with van der Waals surface area (Å²) in [4.78, 5) is 2.40. The van der Waals surface area contributed by atoms with Crippen LogP contribution in [0.15, 0.2) is 22.7 Å². The predicted molar refractivity (Wildman–Crippen MR) is 81.2 cm³/mol.